The fourth-order valence-electron chi connectivity index (χ4n) is 0.820. The van der Waals surface area contributed by atoms with E-state index in [0.717, 1.165) is 6.20 Å². The van der Waals surface area contributed by atoms with Crippen molar-refractivity contribution < 1.29 is 15.1 Å². The van der Waals surface area contributed by atoms with E-state index < -0.39 is 17.6 Å². The molecule has 0 aliphatic heterocycles. The van der Waals surface area contributed by atoms with Crippen LogP contribution in [0.5, 0.6) is 0 Å². The van der Waals surface area contributed by atoms with E-state index in [1.54, 1.807) is 0 Å². The van der Waals surface area contributed by atoms with E-state index in [9.17, 15) is 10.1 Å². The molecule has 0 unspecified atom stereocenters. The molecule has 0 saturated carbocycles. The SMILES string of the molecule is O=[N+]([O-])c1cnn(C[C@H](O)CO)c1. The highest BCUT2D eigenvalue weighted by molar-refractivity contribution is 5.20. The Balaban J connectivity index is 2.64. The van der Waals surface area contributed by atoms with Gasteiger partial charge in [0.25, 0.3) is 0 Å². The summed E-state index contributed by atoms with van der Waals surface area (Å²) in [5, 5.41) is 31.3. The molecule has 0 bridgehead atoms. The molecular formula is C6H9N3O4. The zero-order chi connectivity index (χ0) is 9.84. The summed E-state index contributed by atoms with van der Waals surface area (Å²) in [5.41, 5.74) is -0.134. The van der Waals surface area contributed by atoms with Crippen LogP contribution in [0.15, 0.2) is 12.4 Å². The Bertz CT molecular complexity index is 298. The van der Waals surface area contributed by atoms with Gasteiger partial charge >= 0.3 is 5.69 Å². The van der Waals surface area contributed by atoms with Crippen molar-refractivity contribution >= 4 is 5.69 Å². The Morgan fingerprint density at radius 2 is 2.46 bits per heavy atom. The summed E-state index contributed by atoms with van der Waals surface area (Å²) in [4.78, 5) is 9.64. The third kappa shape index (κ3) is 2.49. The van der Waals surface area contributed by atoms with Gasteiger partial charge in [-0.15, -0.1) is 0 Å². The lowest BCUT2D eigenvalue weighted by Gasteiger charge is -2.05. The molecule has 0 aromatic carbocycles. The van der Waals surface area contributed by atoms with Crippen molar-refractivity contribution in [2.24, 2.45) is 0 Å². The highest BCUT2D eigenvalue weighted by Crippen LogP contribution is 2.07. The van der Waals surface area contributed by atoms with Gasteiger partial charge in [0.15, 0.2) is 0 Å². The summed E-state index contributed by atoms with van der Waals surface area (Å²) in [5.74, 6) is 0. The molecule has 1 rings (SSSR count). The molecule has 0 amide bonds. The molecular weight excluding hydrogens is 178 g/mol. The van der Waals surface area contributed by atoms with E-state index in [1.165, 1.54) is 10.9 Å². The van der Waals surface area contributed by atoms with Crippen LogP contribution in [0.25, 0.3) is 0 Å². The van der Waals surface area contributed by atoms with E-state index in [1.807, 2.05) is 0 Å². The second-order valence-corrected chi connectivity index (χ2v) is 2.51. The first kappa shape index (κ1) is 9.62. The van der Waals surface area contributed by atoms with Crippen LogP contribution in [0, 0.1) is 10.1 Å². The Labute approximate surface area is 73.4 Å². The molecule has 0 spiro atoms. The van der Waals surface area contributed by atoms with Gasteiger partial charge in [-0.3, -0.25) is 14.8 Å². The predicted octanol–water partition coefficient (Wildman–Crippen LogP) is -0.856. The maximum atomic E-state index is 10.2. The summed E-state index contributed by atoms with van der Waals surface area (Å²) in [7, 11) is 0. The molecule has 72 valence electrons. The topological polar surface area (TPSA) is 101 Å². The first-order chi connectivity index (χ1) is 6.13. The molecule has 0 radical (unpaired) electrons. The minimum Gasteiger partial charge on any atom is -0.394 e. The van der Waals surface area contributed by atoms with Crippen molar-refractivity contribution in [3.63, 3.8) is 0 Å². The summed E-state index contributed by atoms with van der Waals surface area (Å²) < 4.78 is 1.21. The Hall–Kier alpha value is -1.47. The van der Waals surface area contributed by atoms with Gasteiger partial charge in [-0.25, -0.2) is 0 Å². The van der Waals surface area contributed by atoms with Gasteiger partial charge in [-0.05, 0) is 0 Å². The van der Waals surface area contributed by atoms with Crippen molar-refractivity contribution in [2.75, 3.05) is 6.61 Å². The highest BCUT2D eigenvalue weighted by atomic mass is 16.6. The Morgan fingerprint density at radius 1 is 1.77 bits per heavy atom. The quantitative estimate of drug-likeness (QED) is 0.472. The lowest BCUT2D eigenvalue weighted by Crippen LogP contribution is -2.19. The lowest BCUT2D eigenvalue weighted by molar-refractivity contribution is -0.385. The number of nitrogens with zero attached hydrogens (tertiary/aromatic N) is 3. The van der Waals surface area contributed by atoms with Gasteiger partial charge in [0.05, 0.1) is 24.2 Å². The smallest absolute Gasteiger partial charge is 0.306 e. The van der Waals surface area contributed by atoms with Crippen molar-refractivity contribution in [1.29, 1.82) is 0 Å². The molecule has 1 aromatic heterocycles. The average molecular weight is 187 g/mol. The molecule has 0 saturated heterocycles. The molecule has 0 fully saturated rings. The molecule has 7 nitrogen and oxygen atoms in total. The average Bonchev–Trinajstić information content (AvgIpc) is 2.52. The third-order valence-corrected chi connectivity index (χ3v) is 1.44. The number of rotatable bonds is 4. The van der Waals surface area contributed by atoms with E-state index >= 15 is 0 Å². The van der Waals surface area contributed by atoms with Crippen LogP contribution < -0.4 is 0 Å². The number of hydrogen-bond acceptors (Lipinski definition) is 5. The number of nitro groups is 1. The predicted molar refractivity (Wildman–Crippen MR) is 42.0 cm³/mol. The number of aliphatic hydroxyl groups excluding tert-OH is 2. The van der Waals surface area contributed by atoms with Crippen LogP contribution in [0.2, 0.25) is 0 Å². The number of hydrogen-bond donors (Lipinski definition) is 2. The largest absolute Gasteiger partial charge is 0.394 e. The van der Waals surface area contributed by atoms with Crippen LogP contribution in [-0.2, 0) is 6.54 Å². The second-order valence-electron chi connectivity index (χ2n) is 2.51. The normalized spacial score (nSPS) is 12.8. The number of aliphatic hydroxyl groups is 2. The molecule has 13 heavy (non-hydrogen) atoms. The zero-order valence-electron chi connectivity index (χ0n) is 6.70. The van der Waals surface area contributed by atoms with Gasteiger partial charge in [0, 0.05) is 0 Å². The molecule has 0 aliphatic rings. The summed E-state index contributed by atoms with van der Waals surface area (Å²) in [6, 6.07) is 0. The van der Waals surface area contributed by atoms with E-state index in [0.29, 0.717) is 0 Å². The zero-order valence-corrected chi connectivity index (χ0v) is 6.70. The monoisotopic (exact) mass is 187 g/mol. The summed E-state index contributed by atoms with van der Waals surface area (Å²) in [6.45, 7) is -0.349. The van der Waals surface area contributed by atoms with Gasteiger partial charge in [-0.1, -0.05) is 0 Å². The van der Waals surface area contributed by atoms with Crippen LogP contribution >= 0.6 is 0 Å². The molecule has 2 N–H and O–H groups in total. The Kier molecular flexibility index (Phi) is 2.93. The molecule has 7 heteroatoms. The van der Waals surface area contributed by atoms with Gasteiger partial charge in [0.1, 0.15) is 12.4 Å². The van der Waals surface area contributed by atoms with Gasteiger partial charge < -0.3 is 10.2 Å². The van der Waals surface area contributed by atoms with Crippen LogP contribution in [0.4, 0.5) is 5.69 Å². The van der Waals surface area contributed by atoms with Crippen molar-refractivity contribution in [3.05, 3.63) is 22.5 Å². The molecule has 1 heterocycles. The molecule has 1 atom stereocenters. The Morgan fingerprint density at radius 3 is 2.92 bits per heavy atom. The third-order valence-electron chi connectivity index (χ3n) is 1.44. The van der Waals surface area contributed by atoms with E-state index in [-0.39, 0.29) is 12.2 Å². The molecule has 1 aromatic rings. The second kappa shape index (κ2) is 3.97. The first-order valence-electron chi connectivity index (χ1n) is 3.59. The minimum absolute atomic E-state index is 0.0460. The number of aromatic nitrogens is 2. The minimum atomic E-state index is -0.945. The van der Waals surface area contributed by atoms with Crippen molar-refractivity contribution in [2.45, 2.75) is 12.6 Å². The fraction of sp³-hybridized carbons (Fsp3) is 0.500. The first-order valence-corrected chi connectivity index (χ1v) is 3.59. The highest BCUT2D eigenvalue weighted by Gasteiger charge is 2.10. The fourth-order valence-corrected chi connectivity index (χ4v) is 0.820. The van der Waals surface area contributed by atoms with Crippen molar-refractivity contribution in [3.8, 4) is 0 Å². The van der Waals surface area contributed by atoms with Crippen LogP contribution in [-0.4, -0.2) is 37.6 Å². The van der Waals surface area contributed by atoms with E-state index in [2.05, 4.69) is 5.10 Å². The maximum absolute atomic E-state index is 10.2. The van der Waals surface area contributed by atoms with E-state index in [4.69, 9.17) is 10.2 Å². The van der Waals surface area contributed by atoms with Gasteiger partial charge in [-0.2, -0.15) is 5.10 Å². The standard InChI is InChI=1S/C6H9N3O4/c10-4-6(11)3-8-2-5(1-7-8)9(12)13/h1-2,6,10-11H,3-4H2/t6-/m0/s1. The van der Waals surface area contributed by atoms with Crippen LogP contribution in [0.3, 0.4) is 0 Å². The van der Waals surface area contributed by atoms with Gasteiger partial charge in [0.2, 0.25) is 0 Å². The lowest BCUT2D eigenvalue weighted by atomic mass is 10.4. The molecule has 0 aliphatic carbocycles. The maximum Gasteiger partial charge on any atom is 0.306 e. The summed E-state index contributed by atoms with van der Waals surface area (Å²) in [6.07, 6.45) is 1.34. The van der Waals surface area contributed by atoms with Crippen molar-refractivity contribution in [1.82, 2.24) is 9.78 Å². The van der Waals surface area contributed by atoms with Crippen LogP contribution in [0.1, 0.15) is 0 Å². The summed E-state index contributed by atoms with van der Waals surface area (Å²) >= 11 is 0.